The van der Waals surface area contributed by atoms with Crippen molar-refractivity contribution in [1.82, 2.24) is 9.13 Å². The first kappa shape index (κ1) is 36.9. The first-order valence-corrected chi connectivity index (χ1v) is 19.7. The first-order valence-electron chi connectivity index (χ1n) is 19.7. The van der Waals surface area contributed by atoms with Crippen LogP contribution in [0.2, 0.25) is 0 Å². The quantitative estimate of drug-likeness (QED) is 0.0342. The number of fused-ring (bicyclic) bond motifs is 8. The topological polar surface area (TPSA) is 265 Å². The van der Waals surface area contributed by atoms with Crippen LogP contribution >= 0.6 is 0 Å². The average molecular weight is 859 g/mol. The van der Waals surface area contributed by atoms with E-state index in [4.69, 9.17) is 18.3 Å². The van der Waals surface area contributed by atoms with Gasteiger partial charge in [-0.3, -0.25) is 18.3 Å². The Morgan fingerprint density at radius 1 is 0.375 bits per heavy atom. The van der Waals surface area contributed by atoms with E-state index in [9.17, 15) is 51.1 Å². The summed E-state index contributed by atoms with van der Waals surface area (Å²) >= 11 is 0. The SMILES string of the molecule is OC1=C(O)C(O)C(O)c2c1c1c3ooc4c5c(ooc(c3-5)c(O)c1n2-c1cccc(-c2ccccc2)c1)c1c2c(O)c(O)c(O)c(O)c2n(-c2cccc(-c3ccccc3)c2)c1c4O. The van der Waals surface area contributed by atoms with E-state index in [1.807, 2.05) is 72.8 Å². The van der Waals surface area contributed by atoms with Gasteiger partial charge in [0, 0.05) is 11.4 Å². The molecule has 0 radical (unpaired) electrons. The Morgan fingerprint density at radius 3 is 1.39 bits per heavy atom. The molecule has 0 saturated carbocycles. The fourth-order valence-corrected chi connectivity index (χ4v) is 9.34. The lowest BCUT2D eigenvalue weighted by atomic mass is 9.91. The van der Waals surface area contributed by atoms with Crippen molar-refractivity contribution in [3.63, 3.8) is 0 Å². The van der Waals surface area contributed by atoms with Gasteiger partial charge >= 0.3 is 0 Å². The summed E-state index contributed by atoms with van der Waals surface area (Å²) in [6.07, 6.45) is -3.89. The monoisotopic (exact) mass is 858 g/mol. The molecule has 0 spiro atoms. The lowest BCUT2D eigenvalue weighted by molar-refractivity contribution is 0.00931. The van der Waals surface area contributed by atoms with Gasteiger partial charge in [-0.1, -0.05) is 84.9 Å². The van der Waals surface area contributed by atoms with E-state index in [2.05, 4.69) is 0 Å². The number of nitrogens with zero attached hydrogens (tertiary/aromatic N) is 2. The van der Waals surface area contributed by atoms with Gasteiger partial charge in [-0.15, -0.1) is 0 Å². The van der Waals surface area contributed by atoms with Gasteiger partial charge in [0.15, 0.2) is 34.5 Å². The zero-order valence-electron chi connectivity index (χ0n) is 32.5. The van der Waals surface area contributed by atoms with E-state index in [0.717, 1.165) is 16.7 Å². The minimum Gasteiger partial charge on any atom is -0.506 e. The molecule has 64 heavy (non-hydrogen) atoms. The summed E-state index contributed by atoms with van der Waals surface area (Å²) in [6.45, 7) is 0. The van der Waals surface area contributed by atoms with Gasteiger partial charge in [0.1, 0.15) is 28.8 Å². The Hall–Kier alpha value is -8.86. The molecule has 10 N–H and O–H groups in total. The van der Waals surface area contributed by atoms with Crippen molar-refractivity contribution >= 4 is 60.8 Å². The van der Waals surface area contributed by atoms with E-state index in [0.29, 0.717) is 16.9 Å². The summed E-state index contributed by atoms with van der Waals surface area (Å²) in [7, 11) is 0. The largest absolute Gasteiger partial charge is 0.506 e. The summed E-state index contributed by atoms with van der Waals surface area (Å²) in [6, 6.07) is 32.5. The van der Waals surface area contributed by atoms with E-state index in [-0.39, 0.29) is 66.3 Å². The second kappa shape index (κ2) is 12.8. The molecule has 0 amide bonds. The number of aromatic hydroxyl groups is 6. The van der Waals surface area contributed by atoms with Gasteiger partial charge in [-0.25, -0.2) is 0 Å². The number of hydrogen-bond donors (Lipinski definition) is 10. The maximum atomic E-state index is 12.4. The Kier molecular flexibility index (Phi) is 7.41. The molecule has 4 heterocycles. The highest BCUT2D eigenvalue weighted by molar-refractivity contribution is 6.30. The number of aliphatic hydroxyl groups excluding tert-OH is 4. The highest BCUT2D eigenvalue weighted by Gasteiger charge is 2.44. The van der Waals surface area contributed by atoms with Crippen LogP contribution in [0.25, 0.3) is 106 Å². The highest BCUT2D eigenvalue weighted by Crippen LogP contribution is 2.60. The molecule has 0 fully saturated rings. The van der Waals surface area contributed by atoms with Crippen molar-refractivity contribution in [3.8, 4) is 79.3 Å². The van der Waals surface area contributed by atoms with Crippen molar-refractivity contribution in [3.05, 3.63) is 126 Å². The Labute approximate surface area is 356 Å². The van der Waals surface area contributed by atoms with Gasteiger partial charge in [0.05, 0.1) is 38.5 Å². The molecule has 16 nitrogen and oxygen atoms in total. The van der Waals surface area contributed by atoms with Gasteiger partial charge in [-0.2, -0.15) is 0 Å². The minimum atomic E-state index is -2.00. The smallest absolute Gasteiger partial charge is 0.234 e. The van der Waals surface area contributed by atoms with E-state index in [1.165, 1.54) is 9.13 Å². The van der Waals surface area contributed by atoms with E-state index in [1.54, 1.807) is 36.4 Å². The van der Waals surface area contributed by atoms with Crippen LogP contribution in [0.1, 0.15) is 17.4 Å². The van der Waals surface area contributed by atoms with Crippen molar-refractivity contribution in [2.24, 2.45) is 0 Å². The van der Waals surface area contributed by atoms with Gasteiger partial charge in [-0.05, 0) is 46.5 Å². The van der Waals surface area contributed by atoms with E-state index >= 15 is 0 Å². The third-order valence-electron chi connectivity index (χ3n) is 12.2. The molecule has 3 aliphatic rings. The molecule has 316 valence electrons. The Bertz CT molecular complexity index is 3800. The van der Waals surface area contributed by atoms with Gasteiger partial charge < -0.3 is 60.2 Å². The van der Waals surface area contributed by atoms with Crippen LogP contribution in [0.15, 0.2) is 133 Å². The molecule has 2 atom stereocenters. The zero-order valence-corrected chi connectivity index (χ0v) is 32.5. The average Bonchev–Trinajstić information content (AvgIpc) is 3.89. The second-order valence-electron chi connectivity index (χ2n) is 15.5. The van der Waals surface area contributed by atoms with Crippen LogP contribution < -0.4 is 0 Å². The van der Waals surface area contributed by atoms with E-state index < -0.39 is 69.4 Å². The molecule has 0 bridgehead atoms. The number of phenolic OH excluding ortho intramolecular Hbond substituents is 6. The summed E-state index contributed by atoms with van der Waals surface area (Å²) in [4.78, 5) is 0. The second-order valence-corrected chi connectivity index (χ2v) is 15.5. The van der Waals surface area contributed by atoms with Crippen molar-refractivity contribution in [1.29, 1.82) is 0 Å². The number of phenols is 6. The third kappa shape index (κ3) is 4.60. The highest BCUT2D eigenvalue weighted by atomic mass is 17.0. The molecule has 2 aromatic heterocycles. The number of benzene rings is 7. The fourth-order valence-electron chi connectivity index (χ4n) is 9.34. The molecule has 9 aromatic rings. The molecule has 1 aliphatic carbocycles. The summed E-state index contributed by atoms with van der Waals surface area (Å²) in [5.74, 6) is -7.07. The maximum absolute atomic E-state index is 12.4. The van der Waals surface area contributed by atoms with Crippen molar-refractivity contribution in [2.45, 2.75) is 12.2 Å². The molecule has 2 unspecified atom stereocenters. The summed E-state index contributed by atoms with van der Waals surface area (Å²) in [5.41, 5.74) is 1.01. The molecule has 0 saturated heterocycles. The van der Waals surface area contributed by atoms with Crippen molar-refractivity contribution in [2.75, 3.05) is 0 Å². The van der Waals surface area contributed by atoms with Crippen molar-refractivity contribution < 1.29 is 69.4 Å². The predicted octanol–water partition coefficient (Wildman–Crippen LogP) is 9.83. The number of hydrogen-bond acceptors (Lipinski definition) is 14. The summed E-state index contributed by atoms with van der Waals surface area (Å²) in [5, 5.41) is 114. The molecular formula is C48H30N2O14. The fraction of sp³-hybridized carbons (Fsp3) is 0.0417. The predicted molar refractivity (Wildman–Crippen MR) is 231 cm³/mol. The lowest BCUT2D eigenvalue weighted by Crippen LogP contribution is -2.28. The first-order chi connectivity index (χ1) is 31.0. The van der Waals surface area contributed by atoms with Gasteiger partial charge in [0.25, 0.3) is 0 Å². The van der Waals surface area contributed by atoms with Crippen LogP contribution in [0, 0.1) is 0 Å². The van der Waals surface area contributed by atoms with Crippen LogP contribution in [0.3, 0.4) is 0 Å². The lowest BCUT2D eigenvalue weighted by Gasteiger charge is -2.26. The maximum Gasteiger partial charge on any atom is 0.234 e. The molecule has 12 rings (SSSR count). The molecule has 2 aliphatic heterocycles. The number of aliphatic hydroxyl groups is 4. The third-order valence-corrected chi connectivity index (χ3v) is 12.2. The zero-order chi connectivity index (χ0) is 44.0. The van der Waals surface area contributed by atoms with Crippen LogP contribution in [-0.2, 0) is 0 Å². The molecule has 16 heteroatoms. The molecular weight excluding hydrogens is 829 g/mol. The standard InChI is InChI=1S/C48H30N2O14/c51-35-25-27-33(49(31(25)37(53)43(59)41(35)57)23-15-7-13-21(17-23)19-9-3-1-4-10-19)39(55)47-29-30-46(62-63-47)28-26-32(38(54)44(60)42(58)36(26)52)50(34(28)40(56)48(30)64-61-45(27)29)24-16-8-14-22(18-24)20-11-5-2-6-12-20/h1-18,37,43,51-60H. The van der Waals surface area contributed by atoms with Crippen LogP contribution in [0.5, 0.6) is 34.5 Å². The number of rotatable bonds is 4. The summed E-state index contributed by atoms with van der Waals surface area (Å²) < 4.78 is 26.4. The van der Waals surface area contributed by atoms with Crippen LogP contribution in [0.4, 0.5) is 0 Å². The normalized spacial score (nSPS) is 15.5. The Balaban J connectivity index is 1.24. The van der Waals surface area contributed by atoms with Crippen LogP contribution in [-0.4, -0.2) is 66.3 Å². The Morgan fingerprint density at radius 2 is 0.828 bits per heavy atom. The minimum absolute atomic E-state index is 0.130. The molecule has 7 aromatic carbocycles. The number of aromatic nitrogens is 2. The van der Waals surface area contributed by atoms with Gasteiger partial charge in [0.2, 0.25) is 33.8 Å².